The number of ether oxygens (including phenoxy) is 1. The van der Waals surface area contributed by atoms with E-state index in [0.717, 1.165) is 16.9 Å². The fraction of sp³-hybridized carbons (Fsp3) is 0.400. The first kappa shape index (κ1) is 15.2. The Hall–Kier alpha value is -1.81. The van der Waals surface area contributed by atoms with Crippen LogP contribution in [0.1, 0.15) is 17.5 Å². The van der Waals surface area contributed by atoms with E-state index in [4.69, 9.17) is 10.5 Å². The number of carbonyl (C=O) groups is 1. The fourth-order valence-electron chi connectivity index (χ4n) is 1.93. The molecule has 1 aromatic rings. The number of hydrogen-bond donors (Lipinski definition) is 1. The van der Waals surface area contributed by atoms with Gasteiger partial charge in [-0.3, -0.25) is 4.79 Å². The lowest BCUT2D eigenvalue weighted by Crippen LogP contribution is -2.41. The average Bonchev–Trinajstić information content (AvgIpc) is 2.38. The predicted molar refractivity (Wildman–Crippen MR) is 77.0 cm³/mol. The largest absolute Gasteiger partial charge is 0.496 e. The van der Waals surface area contributed by atoms with Gasteiger partial charge in [0.1, 0.15) is 5.75 Å². The van der Waals surface area contributed by atoms with E-state index in [1.807, 2.05) is 25.1 Å². The SMILES string of the molecule is C=CCC(N)C(=O)N(C)Cc1cc(C)ccc1OC. The highest BCUT2D eigenvalue weighted by molar-refractivity contribution is 5.81. The highest BCUT2D eigenvalue weighted by atomic mass is 16.5. The van der Waals surface area contributed by atoms with Crippen LogP contribution in [0.3, 0.4) is 0 Å². The van der Waals surface area contributed by atoms with Gasteiger partial charge in [-0.15, -0.1) is 6.58 Å². The topological polar surface area (TPSA) is 55.6 Å². The molecule has 0 heterocycles. The molecule has 104 valence electrons. The number of benzene rings is 1. The van der Waals surface area contributed by atoms with E-state index in [1.165, 1.54) is 0 Å². The standard InChI is InChI=1S/C15H22N2O2/c1-5-6-13(16)15(18)17(3)10-12-9-11(2)7-8-14(12)19-4/h5,7-9,13H,1,6,10,16H2,2-4H3. The zero-order chi connectivity index (χ0) is 14.4. The summed E-state index contributed by atoms with van der Waals surface area (Å²) in [5, 5.41) is 0. The predicted octanol–water partition coefficient (Wildman–Crippen LogP) is 1.87. The number of rotatable bonds is 6. The van der Waals surface area contributed by atoms with Crippen molar-refractivity contribution < 1.29 is 9.53 Å². The van der Waals surface area contributed by atoms with Gasteiger partial charge in [0.15, 0.2) is 0 Å². The molecule has 1 amide bonds. The van der Waals surface area contributed by atoms with E-state index >= 15 is 0 Å². The number of carbonyl (C=O) groups excluding carboxylic acids is 1. The maximum absolute atomic E-state index is 12.0. The van der Waals surface area contributed by atoms with Crippen molar-refractivity contribution in [2.75, 3.05) is 14.2 Å². The van der Waals surface area contributed by atoms with Crippen LogP contribution in [0.5, 0.6) is 5.75 Å². The lowest BCUT2D eigenvalue weighted by molar-refractivity contribution is -0.131. The summed E-state index contributed by atoms with van der Waals surface area (Å²) in [6, 6.07) is 5.38. The van der Waals surface area contributed by atoms with Crippen LogP contribution in [0.15, 0.2) is 30.9 Å². The summed E-state index contributed by atoms with van der Waals surface area (Å²) in [5.74, 6) is 0.686. The van der Waals surface area contributed by atoms with E-state index in [-0.39, 0.29) is 5.91 Å². The molecule has 0 aliphatic carbocycles. The lowest BCUT2D eigenvalue weighted by Gasteiger charge is -2.22. The van der Waals surface area contributed by atoms with Crippen molar-refractivity contribution in [2.24, 2.45) is 5.73 Å². The van der Waals surface area contributed by atoms with Crippen molar-refractivity contribution in [3.63, 3.8) is 0 Å². The van der Waals surface area contributed by atoms with Gasteiger partial charge in [-0.1, -0.05) is 23.8 Å². The van der Waals surface area contributed by atoms with Crippen LogP contribution in [0, 0.1) is 6.92 Å². The molecule has 1 unspecified atom stereocenters. The van der Waals surface area contributed by atoms with Gasteiger partial charge >= 0.3 is 0 Å². The second-order valence-corrected chi connectivity index (χ2v) is 4.64. The van der Waals surface area contributed by atoms with Gasteiger partial charge in [0.2, 0.25) is 5.91 Å². The lowest BCUT2D eigenvalue weighted by atomic mass is 10.1. The van der Waals surface area contributed by atoms with Crippen molar-refractivity contribution >= 4 is 5.91 Å². The Bertz CT molecular complexity index is 457. The number of methoxy groups -OCH3 is 1. The smallest absolute Gasteiger partial charge is 0.239 e. The minimum atomic E-state index is -0.529. The van der Waals surface area contributed by atoms with Gasteiger partial charge < -0.3 is 15.4 Å². The van der Waals surface area contributed by atoms with Crippen LogP contribution in [0.25, 0.3) is 0 Å². The van der Waals surface area contributed by atoms with Gasteiger partial charge in [0.05, 0.1) is 13.2 Å². The number of hydrogen-bond acceptors (Lipinski definition) is 3. The van der Waals surface area contributed by atoms with Crippen LogP contribution in [-0.2, 0) is 11.3 Å². The first-order chi connectivity index (χ1) is 8.99. The van der Waals surface area contributed by atoms with Gasteiger partial charge in [-0.2, -0.15) is 0 Å². The molecular formula is C15H22N2O2. The normalized spacial score (nSPS) is 11.8. The fourth-order valence-corrected chi connectivity index (χ4v) is 1.93. The Labute approximate surface area is 114 Å². The Morgan fingerprint density at radius 3 is 2.84 bits per heavy atom. The third kappa shape index (κ3) is 4.10. The summed E-state index contributed by atoms with van der Waals surface area (Å²) in [6.07, 6.45) is 2.14. The summed E-state index contributed by atoms with van der Waals surface area (Å²) in [7, 11) is 3.37. The van der Waals surface area contributed by atoms with Crippen molar-refractivity contribution in [3.8, 4) is 5.75 Å². The molecule has 4 nitrogen and oxygen atoms in total. The molecule has 0 spiro atoms. The van der Waals surface area contributed by atoms with Gasteiger partial charge in [-0.05, 0) is 19.4 Å². The van der Waals surface area contributed by atoms with Crippen LogP contribution in [0.2, 0.25) is 0 Å². The molecule has 0 saturated carbocycles. The van der Waals surface area contributed by atoms with E-state index in [0.29, 0.717) is 13.0 Å². The third-order valence-corrected chi connectivity index (χ3v) is 2.96. The van der Waals surface area contributed by atoms with Crippen LogP contribution >= 0.6 is 0 Å². The molecule has 1 aromatic carbocycles. The number of nitrogens with two attached hydrogens (primary N) is 1. The number of aryl methyl sites for hydroxylation is 1. The summed E-state index contributed by atoms with van der Waals surface area (Å²) in [6.45, 7) is 6.08. The van der Waals surface area contributed by atoms with Crippen LogP contribution < -0.4 is 10.5 Å². The van der Waals surface area contributed by atoms with Crippen molar-refractivity contribution in [2.45, 2.75) is 25.9 Å². The highest BCUT2D eigenvalue weighted by Crippen LogP contribution is 2.21. The Morgan fingerprint density at radius 1 is 1.58 bits per heavy atom. The van der Waals surface area contributed by atoms with E-state index in [1.54, 1.807) is 25.1 Å². The van der Waals surface area contributed by atoms with Crippen molar-refractivity contribution in [1.29, 1.82) is 0 Å². The Morgan fingerprint density at radius 2 is 2.26 bits per heavy atom. The average molecular weight is 262 g/mol. The molecule has 0 aromatic heterocycles. The van der Waals surface area contributed by atoms with E-state index in [9.17, 15) is 4.79 Å². The quantitative estimate of drug-likeness (QED) is 0.796. The molecule has 19 heavy (non-hydrogen) atoms. The third-order valence-electron chi connectivity index (χ3n) is 2.96. The summed E-state index contributed by atoms with van der Waals surface area (Å²) < 4.78 is 5.30. The Balaban J connectivity index is 2.81. The van der Waals surface area contributed by atoms with Gasteiger partial charge in [0.25, 0.3) is 0 Å². The maximum Gasteiger partial charge on any atom is 0.239 e. The minimum absolute atomic E-state index is 0.0940. The van der Waals surface area contributed by atoms with Crippen molar-refractivity contribution in [1.82, 2.24) is 4.90 Å². The van der Waals surface area contributed by atoms with Gasteiger partial charge in [-0.25, -0.2) is 0 Å². The van der Waals surface area contributed by atoms with E-state index < -0.39 is 6.04 Å². The summed E-state index contributed by atoms with van der Waals surface area (Å²) in [4.78, 5) is 13.7. The minimum Gasteiger partial charge on any atom is -0.496 e. The molecule has 0 fully saturated rings. The first-order valence-electron chi connectivity index (χ1n) is 6.24. The molecular weight excluding hydrogens is 240 g/mol. The summed E-state index contributed by atoms with van der Waals surface area (Å²) in [5.41, 5.74) is 7.90. The highest BCUT2D eigenvalue weighted by Gasteiger charge is 2.18. The number of amides is 1. The maximum atomic E-state index is 12.0. The summed E-state index contributed by atoms with van der Waals surface area (Å²) >= 11 is 0. The second-order valence-electron chi connectivity index (χ2n) is 4.64. The van der Waals surface area contributed by atoms with Crippen molar-refractivity contribution in [3.05, 3.63) is 42.0 Å². The van der Waals surface area contributed by atoms with Crippen LogP contribution in [-0.4, -0.2) is 31.0 Å². The Kier molecular flexibility index (Phi) is 5.57. The zero-order valence-electron chi connectivity index (χ0n) is 11.8. The molecule has 0 aliphatic heterocycles. The molecule has 0 aliphatic rings. The molecule has 1 atom stereocenters. The number of nitrogens with zero attached hydrogens (tertiary/aromatic N) is 1. The van der Waals surface area contributed by atoms with Crippen LogP contribution in [0.4, 0.5) is 0 Å². The molecule has 1 rings (SSSR count). The second kappa shape index (κ2) is 6.95. The molecule has 2 N–H and O–H groups in total. The monoisotopic (exact) mass is 262 g/mol. The molecule has 0 bridgehead atoms. The molecule has 0 radical (unpaired) electrons. The van der Waals surface area contributed by atoms with Gasteiger partial charge in [0, 0.05) is 19.2 Å². The van der Waals surface area contributed by atoms with E-state index in [2.05, 4.69) is 6.58 Å². The number of likely N-dealkylation sites (N-methyl/N-ethyl adjacent to an activating group) is 1. The zero-order valence-corrected chi connectivity index (χ0v) is 11.8. The first-order valence-corrected chi connectivity index (χ1v) is 6.24. The molecule has 0 saturated heterocycles. The molecule has 4 heteroatoms.